The molecule has 1 atom stereocenters. The molecule has 0 spiro atoms. The van der Waals surface area contributed by atoms with E-state index in [1.807, 2.05) is 0 Å². The van der Waals surface area contributed by atoms with Gasteiger partial charge in [-0.3, -0.25) is 10.5 Å². The van der Waals surface area contributed by atoms with Crippen LogP contribution < -0.4 is 11.3 Å². The molecule has 4 nitrogen and oxygen atoms in total. The van der Waals surface area contributed by atoms with Crippen molar-refractivity contribution < 1.29 is 4.39 Å². The zero-order chi connectivity index (χ0) is 12.4. The number of nitrogens with zero attached hydrogens (tertiary/aromatic N) is 2. The van der Waals surface area contributed by atoms with E-state index in [0.29, 0.717) is 5.56 Å². The Morgan fingerprint density at radius 3 is 2.71 bits per heavy atom. The van der Waals surface area contributed by atoms with E-state index in [0.717, 1.165) is 10.2 Å². The van der Waals surface area contributed by atoms with E-state index < -0.39 is 6.04 Å². The molecule has 0 aliphatic rings. The van der Waals surface area contributed by atoms with Crippen molar-refractivity contribution in [3.05, 3.63) is 52.0 Å². The van der Waals surface area contributed by atoms with E-state index in [2.05, 4.69) is 26.5 Å². The summed E-state index contributed by atoms with van der Waals surface area (Å²) < 4.78 is 16.2. The molecule has 0 radical (unpaired) electrons. The largest absolute Gasteiger partial charge is 0.271 e. The molecule has 1 unspecified atom stereocenters. The highest BCUT2D eigenvalue weighted by Gasteiger charge is 2.21. The van der Waals surface area contributed by atoms with Crippen LogP contribution in [-0.2, 0) is 7.05 Å². The second kappa shape index (κ2) is 4.95. The summed E-state index contributed by atoms with van der Waals surface area (Å²) in [6.45, 7) is 0. The first-order valence-corrected chi connectivity index (χ1v) is 5.82. The van der Waals surface area contributed by atoms with Gasteiger partial charge in [0.1, 0.15) is 5.82 Å². The molecule has 1 heterocycles. The molecule has 17 heavy (non-hydrogen) atoms. The molecule has 0 bridgehead atoms. The van der Waals surface area contributed by atoms with Crippen molar-refractivity contribution in [3.8, 4) is 0 Å². The van der Waals surface area contributed by atoms with E-state index in [1.54, 1.807) is 36.1 Å². The molecule has 1 aromatic carbocycles. The first-order chi connectivity index (χ1) is 8.15. The number of hydrazine groups is 1. The number of hydrogen-bond donors (Lipinski definition) is 2. The molecule has 0 fully saturated rings. The highest BCUT2D eigenvalue weighted by Crippen LogP contribution is 2.28. The highest BCUT2D eigenvalue weighted by molar-refractivity contribution is 9.10. The number of halogens is 2. The van der Waals surface area contributed by atoms with Gasteiger partial charge >= 0.3 is 0 Å². The van der Waals surface area contributed by atoms with Gasteiger partial charge in [-0.05, 0) is 22.0 Å². The maximum atomic E-state index is 13.7. The zero-order valence-electron chi connectivity index (χ0n) is 9.19. The van der Waals surface area contributed by atoms with Gasteiger partial charge < -0.3 is 0 Å². The Bertz CT molecular complexity index is 506. The Kier molecular flexibility index (Phi) is 3.56. The summed E-state index contributed by atoms with van der Waals surface area (Å²) in [5.41, 5.74) is 3.87. The lowest BCUT2D eigenvalue weighted by atomic mass is 10.0. The number of aryl methyl sites for hydroxylation is 1. The third-order valence-corrected chi connectivity index (χ3v) is 3.20. The SMILES string of the molecule is Cn1ncc(Br)c1C(NN)c1ccccc1F. The first kappa shape index (κ1) is 12.2. The molecule has 2 aromatic rings. The third-order valence-electron chi connectivity index (χ3n) is 2.59. The fourth-order valence-electron chi connectivity index (χ4n) is 1.77. The van der Waals surface area contributed by atoms with Gasteiger partial charge in [-0.2, -0.15) is 5.10 Å². The first-order valence-electron chi connectivity index (χ1n) is 5.03. The van der Waals surface area contributed by atoms with Crippen molar-refractivity contribution in [3.63, 3.8) is 0 Å². The lowest BCUT2D eigenvalue weighted by molar-refractivity contribution is 0.531. The maximum Gasteiger partial charge on any atom is 0.128 e. The molecule has 0 aliphatic carbocycles. The van der Waals surface area contributed by atoms with Gasteiger partial charge in [-0.1, -0.05) is 18.2 Å². The van der Waals surface area contributed by atoms with Crippen molar-refractivity contribution in [1.82, 2.24) is 15.2 Å². The molecule has 1 aromatic heterocycles. The van der Waals surface area contributed by atoms with Crippen molar-refractivity contribution in [1.29, 1.82) is 0 Å². The van der Waals surface area contributed by atoms with Crippen LogP contribution in [0.4, 0.5) is 4.39 Å². The van der Waals surface area contributed by atoms with Gasteiger partial charge in [-0.25, -0.2) is 9.82 Å². The molecule has 6 heteroatoms. The number of benzene rings is 1. The summed E-state index contributed by atoms with van der Waals surface area (Å²) in [6.07, 6.45) is 1.65. The average Bonchev–Trinajstić information content (AvgIpc) is 2.64. The molecule has 0 saturated heterocycles. The predicted molar refractivity (Wildman–Crippen MR) is 66.5 cm³/mol. The number of aromatic nitrogens is 2. The van der Waals surface area contributed by atoms with Crippen LogP contribution in [0.1, 0.15) is 17.3 Å². The summed E-state index contributed by atoms with van der Waals surface area (Å²) in [6, 6.07) is 6.07. The van der Waals surface area contributed by atoms with Crippen LogP contribution >= 0.6 is 15.9 Å². The fourth-order valence-corrected chi connectivity index (χ4v) is 2.35. The highest BCUT2D eigenvalue weighted by atomic mass is 79.9. The van der Waals surface area contributed by atoms with E-state index in [-0.39, 0.29) is 5.82 Å². The molecule has 2 rings (SSSR count). The molecular weight excluding hydrogens is 287 g/mol. The summed E-state index contributed by atoms with van der Waals surface area (Å²) in [4.78, 5) is 0. The summed E-state index contributed by atoms with van der Waals surface area (Å²) >= 11 is 3.38. The van der Waals surface area contributed by atoms with Crippen LogP contribution in [-0.4, -0.2) is 9.78 Å². The molecular formula is C11H12BrFN4. The Morgan fingerprint density at radius 2 is 2.18 bits per heavy atom. The van der Waals surface area contributed by atoms with E-state index in [9.17, 15) is 4.39 Å². The van der Waals surface area contributed by atoms with Gasteiger partial charge in [0, 0.05) is 12.6 Å². The second-order valence-corrected chi connectivity index (χ2v) is 4.48. The van der Waals surface area contributed by atoms with Crippen LogP contribution in [0.3, 0.4) is 0 Å². The van der Waals surface area contributed by atoms with Crippen LogP contribution in [0.5, 0.6) is 0 Å². The topological polar surface area (TPSA) is 55.9 Å². The molecule has 0 aliphatic heterocycles. The number of nitrogens with two attached hydrogens (primary N) is 1. The minimum Gasteiger partial charge on any atom is -0.271 e. The fraction of sp³-hybridized carbons (Fsp3) is 0.182. The minimum absolute atomic E-state index is 0.302. The Hall–Kier alpha value is -1.24. The van der Waals surface area contributed by atoms with Crippen LogP contribution in [0, 0.1) is 5.82 Å². The molecule has 0 amide bonds. The number of rotatable bonds is 3. The van der Waals surface area contributed by atoms with E-state index in [1.165, 1.54) is 6.07 Å². The lowest BCUT2D eigenvalue weighted by Crippen LogP contribution is -2.31. The summed E-state index contributed by atoms with van der Waals surface area (Å²) in [5, 5.41) is 4.09. The Morgan fingerprint density at radius 1 is 1.47 bits per heavy atom. The van der Waals surface area contributed by atoms with Crippen molar-refractivity contribution >= 4 is 15.9 Å². The Labute approximate surface area is 107 Å². The summed E-state index contributed by atoms with van der Waals surface area (Å²) in [5.74, 6) is 5.22. The van der Waals surface area contributed by atoms with Crippen molar-refractivity contribution in [2.75, 3.05) is 0 Å². The minimum atomic E-state index is -0.446. The molecule has 90 valence electrons. The third kappa shape index (κ3) is 2.24. The lowest BCUT2D eigenvalue weighted by Gasteiger charge is -2.18. The molecule has 3 N–H and O–H groups in total. The summed E-state index contributed by atoms with van der Waals surface area (Å²) in [7, 11) is 1.78. The van der Waals surface area contributed by atoms with Gasteiger partial charge in [0.2, 0.25) is 0 Å². The zero-order valence-corrected chi connectivity index (χ0v) is 10.8. The van der Waals surface area contributed by atoms with Crippen LogP contribution in [0.25, 0.3) is 0 Å². The molecule has 0 saturated carbocycles. The van der Waals surface area contributed by atoms with Crippen molar-refractivity contribution in [2.45, 2.75) is 6.04 Å². The monoisotopic (exact) mass is 298 g/mol. The average molecular weight is 299 g/mol. The van der Waals surface area contributed by atoms with E-state index >= 15 is 0 Å². The normalized spacial score (nSPS) is 12.7. The maximum absolute atomic E-state index is 13.7. The van der Waals surface area contributed by atoms with Gasteiger partial charge in [-0.15, -0.1) is 0 Å². The van der Waals surface area contributed by atoms with Crippen LogP contribution in [0.15, 0.2) is 34.9 Å². The number of nitrogens with one attached hydrogen (secondary N) is 1. The quantitative estimate of drug-likeness (QED) is 0.672. The Balaban J connectivity index is 2.52. The number of hydrogen-bond acceptors (Lipinski definition) is 3. The van der Waals surface area contributed by atoms with Crippen LogP contribution in [0.2, 0.25) is 0 Å². The van der Waals surface area contributed by atoms with Crippen molar-refractivity contribution in [2.24, 2.45) is 12.9 Å². The predicted octanol–water partition coefficient (Wildman–Crippen LogP) is 1.87. The van der Waals surface area contributed by atoms with Gasteiger partial charge in [0.25, 0.3) is 0 Å². The standard InChI is InChI=1S/C11H12BrFN4/c1-17-11(8(12)6-15-17)10(16-14)7-4-2-3-5-9(7)13/h2-6,10,16H,14H2,1H3. The smallest absolute Gasteiger partial charge is 0.128 e. The van der Waals surface area contributed by atoms with E-state index in [4.69, 9.17) is 5.84 Å². The van der Waals surface area contributed by atoms with Gasteiger partial charge in [0.05, 0.1) is 22.4 Å². The van der Waals surface area contributed by atoms with Gasteiger partial charge in [0.15, 0.2) is 0 Å². The second-order valence-electron chi connectivity index (χ2n) is 3.62.